The van der Waals surface area contributed by atoms with E-state index in [1.807, 2.05) is 30.5 Å². The highest BCUT2D eigenvalue weighted by atomic mass is 35.5. The number of carbonyl (C=O) groups excluding carboxylic acids is 3. The van der Waals surface area contributed by atoms with Crippen molar-refractivity contribution < 1.29 is 18.8 Å². The van der Waals surface area contributed by atoms with Crippen LogP contribution < -0.4 is 25.8 Å². The molecule has 1 aliphatic carbocycles. The Morgan fingerprint density at radius 1 is 1.00 bits per heavy atom. The third-order valence-electron chi connectivity index (χ3n) is 11.2. The number of imide groups is 1. The average Bonchev–Trinajstić information content (AvgIpc) is 3.53. The first kappa shape index (κ1) is 35.7. The zero-order valence-corrected chi connectivity index (χ0v) is 31.4. The number of nitrogens with one attached hydrogen (secondary N) is 3. The minimum absolute atomic E-state index is 0.242. The molecule has 3 fully saturated rings. The molecule has 2 aromatic carbocycles. The summed E-state index contributed by atoms with van der Waals surface area (Å²) in [6.45, 7) is 2.42. The Morgan fingerprint density at radius 2 is 1.84 bits per heavy atom. The van der Waals surface area contributed by atoms with Gasteiger partial charge in [-0.1, -0.05) is 35.6 Å². The van der Waals surface area contributed by atoms with E-state index < -0.39 is 24.0 Å². The van der Waals surface area contributed by atoms with Gasteiger partial charge in [0.2, 0.25) is 11.8 Å². The highest BCUT2D eigenvalue weighted by molar-refractivity contribution is 6.31. The van der Waals surface area contributed by atoms with E-state index in [1.54, 1.807) is 13.1 Å². The molecule has 284 valence electrons. The number of carbonyl (C=O) groups is 3. The molecule has 2 saturated heterocycles. The minimum atomic E-state index is -1.01. The van der Waals surface area contributed by atoms with Gasteiger partial charge in [-0.25, -0.2) is 13.9 Å². The molecule has 12 nitrogen and oxygen atoms in total. The zero-order valence-electron chi connectivity index (χ0n) is 30.7. The van der Waals surface area contributed by atoms with Crippen LogP contribution >= 0.6 is 11.6 Å². The Bertz CT molecular complexity index is 2450. The van der Waals surface area contributed by atoms with Crippen molar-refractivity contribution in [1.29, 1.82) is 0 Å². The maximum atomic E-state index is 13.5. The third kappa shape index (κ3) is 6.79. The molecule has 0 spiro atoms. The molecule has 3 aromatic heterocycles. The molecule has 0 radical (unpaired) electrons. The number of benzene rings is 2. The summed E-state index contributed by atoms with van der Waals surface area (Å²) in [5.41, 5.74) is 8.26. The number of pyridine rings is 1. The van der Waals surface area contributed by atoms with E-state index in [0.717, 1.165) is 66.2 Å². The molecule has 3 N–H and O–H groups in total. The maximum Gasteiger partial charge on any atom is 0.271 e. The molecule has 3 aliphatic heterocycles. The molecule has 3 atom stereocenters. The van der Waals surface area contributed by atoms with Crippen molar-refractivity contribution in [3.63, 3.8) is 0 Å². The van der Waals surface area contributed by atoms with Crippen molar-refractivity contribution in [2.45, 2.75) is 56.7 Å². The van der Waals surface area contributed by atoms with Crippen molar-refractivity contribution in [2.24, 2.45) is 5.92 Å². The Balaban J connectivity index is 0.874. The van der Waals surface area contributed by atoms with Crippen LogP contribution in [0.25, 0.3) is 16.9 Å². The second-order valence-corrected chi connectivity index (χ2v) is 15.2. The smallest absolute Gasteiger partial charge is 0.271 e. The highest BCUT2D eigenvalue weighted by Gasteiger charge is 2.39. The first-order chi connectivity index (χ1) is 27.2. The summed E-state index contributed by atoms with van der Waals surface area (Å²) in [6, 6.07) is 17.4. The Hall–Kier alpha value is -6.00. The topological polar surface area (TPSA) is 137 Å². The van der Waals surface area contributed by atoms with Gasteiger partial charge in [0.1, 0.15) is 6.17 Å². The SMILES string of the molecule is CNc1cc(N2CCc3c(-c4ccc(N5CCC(C#Cc6ccc(Cl)c(C7CCC(=O)NC7=O)c6)CC5)cn4)cccc32)nn2c(C(=O)N[C@@H]3C[C@@H]3F)cnc12. The number of amides is 3. The van der Waals surface area contributed by atoms with Crippen LogP contribution in [0.3, 0.4) is 0 Å². The molecular weight excluding hydrogens is 733 g/mol. The van der Waals surface area contributed by atoms with Gasteiger partial charge in [-0.05, 0) is 73.2 Å². The van der Waals surface area contributed by atoms with Crippen LogP contribution in [0.2, 0.25) is 5.02 Å². The molecule has 0 bridgehead atoms. The van der Waals surface area contributed by atoms with Gasteiger partial charge < -0.3 is 20.4 Å². The van der Waals surface area contributed by atoms with Crippen LogP contribution in [0.15, 0.2) is 67.0 Å². The fraction of sp³-hybridized carbons (Fsp3) is 0.333. The van der Waals surface area contributed by atoms with Gasteiger partial charge in [-0.3, -0.25) is 24.7 Å². The van der Waals surface area contributed by atoms with E-state index in [-0.39, 0.29) is 23.4 Å². The number of rotatable bonds is 7. The Kier molecular flexibility index (Phi) is 9.29. The van der Waals surface area contributed by atoms with Gasteiger partial charge in [0.05, 0.1) is 41.4 Å². The summed E-state index contributed by atoms with van der Waals surface area (Å²) in [6.07, 6.45) is 6.12. The fourth-order valence-corrected chi connectivity index (χ4v) is 8.22. The lowest BCUT2D eigenvalue weighted by Crippen LogP contribution is -2.39. The zero-order chi connectivity index (χ0) is 38.5. The third-order valence-corrected chi connectivity index (χ3v) is 11.5. The first-order valence-corrected chi connectivity index (χ1v) is 19.4. The van der Waals surface area contributed by atoms with Crippen molar-refractivity contribution in [2.75, 3.05) is 41.8 Å². The van der Waals surface area contributed by atoms with Crippen LogP contribution in [0, 0.1) is 17.8 Å². The summed E-state index contributed by atoms with van der Waals surface area (Å²) in [7, 11) is 1.80. The predicted molar refractivity (Wildman–Crippen MR) is 212 cm³/mol. The summed E-state index contributed by atoms with van der Waals surface area (Å²) < 4.78 is 15.1. The molecule has 56 heavy (non-hydrogen) atoms. The number of nitrogens with zero attached hydrogens (tertiary/aromatic N) is 6. The van der Waals surface area contributed by atoms with Crippen LogP contribution in [-0.2, 0) is 16.0 Å². The van der Waals surface area contributed by atoms with E-state index >= 15 is 0 Å². The summed E-state index contributed by atoms with van der Waals surface area (Å²) in [4.78, 5) is 50.9. The van der Waals surface area contributed by atoms with Crippen LogP contribution in [-0.4, -0.2) is 76.2 Å². The summed E-state index contributed by atoms with van der Waals surface area (Å²) in [5.74, 6) is 6.25. The lowest BCUT2D eigenvalue weighted by molar-refractivity contribution is -0.134. The van der Waals surface area contributed by atoms with Crippen LogP contribution in [0.5, 0.6) is 0 Å². The van der Waals surface area contributed by atoms with Crippen LogP contribution in [0.1, 0.15) is 65.2 Å². The van der Waals surface area contributed by atoms with E-state index in [4.69, 9.17) is 21.7 Å². The monoisotopic (exact) mass is 771 g/mol. The quantitative estimate of drug-likeness (QED) is 0.138. The van der Waals surface area contributed by atoms with Gasteiger partial charge >= 0.3 is 0 Å². The first-order valence-electron chi connectivity index (χ1n) is 19.0. The predicted octanol–water partition coefficient (Wildman–Crippen LogP) is 5.81. The van der Waals surface area contributed by atoms with Gasteiger partial charge in [0.25, 0.3) is 5.91 Å². The van der Waals surface area contributed by atoms with Crippen LogP contribution in [0.4, 0.5) is 27.3 Å². The van der Waals surface area contributed by atoms with Crippen molar-refractivity contribution in [1.82, 2.24) is 30.2 Å². The van der Waals surface area contributed by atoms with E-state index in [0.29, 0.717) is 47.9 Å². The highest BCUT2D eigenvalue weighted by Crippen LogP contribution is 2.40. The normalized spacial score (nSPS) is 20.7. The molecule has 1 saturated carbocycles. The Morgan fingerprint density at radius 3 is 2.59 bits per heavy atom. The Labute approximate surface area is 327 Å². The molecule has 9 rings (SSSR count). The molecule has 14 heteroatoms. The van der Waals surface area contributed by atoms with Gasteiger partial charge in [-0.15, -0.1) is 5.10 Å². The number of piperidine rings is 2. The molecule has 4 aliphatic rings. The number of hydrogen-bond acceptors (Lipinski definition) is 9. The number of aromatic nitrogens is 4. The van der Waals surface area contributed by atoms with Crippen molar-refractivity contribution in [3.05, 3.63) is 94.4 Å². The van der Waals surface area contributed by atoms with Crippen molar-refractivity contribution in [3.8, 4) is 23.1 Å². The van der Waals surface area contributed by atoms with E-state index in [2.05, 4.69) is 66.8 Å². The van der Waals surface area contributed by atoms with Gasteiger partial charge in [0, 0.05) is 73.3 Å². The molecular formula is C42H39ClFN9O3. The van der Waals surface area contributed by atoms with Crippen molar-refractivity contribution >= 4 is 57.8 Å². The molecule has 5 aromatic rings. The largest absolute Gasteiger partial charge is 0.385 e. The lowest BCUT2D eigenvalue weighted by Gasteiger charge is -2.31. The second-order valence-electron chi connectivity index (χ2n) is 14.8. The summed E-state index contributed by atoms with van der Waals surface area (Å²) in [5, 5.41) is 13.7. The number of fused-ring (bicyclic) bond motifs is 2. The number of hydrogen-bond donors (Lipinski definition) is 3. The maximum absolute atomic E-state index is 13.5. The average molecular weight is 772 g/mol. The number of anilines is 4. The molecule has 6 heterocycles. The lowest BCUT2D eigenvalue weighted by atomic mass is 9.89. The van der Waals surface area contributed by atoms with E-state index in [9.17, 15) is 18.8 Å². The summed E-state index contributed by atoms with van der Waals surface area (Å²) >= 11 is 6.45. The van der Waals surface area contributed by atoms with Gasteiger partial charge in [0.15, 0.2) is 17.2 Å². The fourth-order valence-electron chi connectivity index (χ4n) is 7.97. The number of halogens is 2. The number of imidazole rings is 1. The minimum Gasteiger partial charge on any atom is -0.385 e. The standard InChI is InChI=1S/C42H39ClFN9O3/c1-45-35-21-38(50-53-37(23-47-40(35)53)42(56)48-34-20-32(34)44)52-18-15-28-27(3-2-4-36(28)52)33-11-8-26(22-46-33)51-16-13-24(14-17-51)5-6-25-7-10-31(43)30(19-25)29-9-12-39(54)49-41(29)55/h2-4,7-8,10-11,19,21-24,29,32,34,45H,9,12-18,20H2,1H3,(H,48,56)(H,49,54,55)/t29?,32-,34+/m0/s1. The second kappa shape index (κ2) is 14.6. The van der Waals surface area contributed by atoms with Gasteiger partial charge in [-0.2, -0.15) is 0 Å². The molecule has 1 unspecified atom stereocenters. The molecule has 3 amide bonds. The van der Waals surface area contributed by atoms with E-state index in [1.165, 1.54) is 16.3 Å². The number of alkyl halides is 1.